The molecule has 8 nitrogen and oxygen atoms in total. The van der Waals surface area contributed by atoms with Crippen molar-refractivity contribution < 1.29 is 19.2 Å². The van der Waals surface area contributed by atoms with E-state index in [1.165, 1.54) is 4.90 Å². The minimum absolute atomic E-state index is 0.153. The number of likely N-dealkylation sites (tertiary alicyclic amines) is 1. The summed E-state index contributed by atoms with van der Waals surface area (Å²) in [7, 11) is 3.20. The Morgan fingerprint density at radius 2 is 1.81 bits per heavy atom. The molecule has 0 aromatic rings. The first-order valence-electron chi connectivity index (χ1n) is 9.38. The molecule has 0 radical (unpaired) electrons. The predicted octanol–water partition coefficient (Wildman–Crippen LogP) is 0.861. The molecule has 154 valence electrons. The third kappa shape index (κ3) is 6.22. The molecular formula is C19H34N4O4. The van der Waals surface area contributed by atoms with Gasteiger partial charge in [0, 0.05) is 20.6 Å². The lowest BCUT2D eigenvalue weighted by Gasteiger charge is -2.34. The SMILES string of the molecule is CC(C)C1CC(C=O)N(C(=O)C(NC(=O)NCC(=O)N(C)C)C(C)(C)C)C1. The second-order valence-electron chi connectivity index (χ2n) is 8.85. The first-order valence-corrected chi connectivity index (χ1v) is 9.38. The highest BCUT2D eigenvalue weighted by Crippen LogP contribution is 2.31. The van der Waals surface area contributed by atoms with E-state index in [1.807, 2.05) is 20.8 Å². The van der Waals surface area contributed by atoms with Gasteiger partial charge in [-0.2, -0.15) is 0 Å². The van der Waals surface area contributed by atoms with E-state index in [-0.39, 0.29) is 24.3 Å². The first kappa shape index (κ1) is 22.9. The van der Waals surface area contributed by atoms with Gasteiger partial charge in [0.2, 0.25) is 11.8 Å². The van der Waals surface area contributed by atoms with Crippen molar-refractivity contribution in [2.45, 2.75) is 53.1 Å². The maximum Gasteiger partial charge on any atom is 0.315 e. The highest BCUT2D eigenvalue weighted by molar-refractivity contribution is 5.90. The van der Waals surface area contributed by atoms with Gasteiger partial charge in [-0.05, 0) is 23.7 Å². The second kappa shape index (κ2) is 9.19. The molecule has 0 aromatic heterocycles. The minimum Gasteiger partial charge on any atom is -0.347 e. The van der Waals surface area contributed by atoms with Crippen molar-refractivity contribution in [3.05, 3.63) is 0 Å². The summed E-state index contributed by atoms with van der Waals surface area (Å²) in [5.41, 5.74) is -0.552. The molecule has 1 aliphatic heterocycles. The number of aldehydes is 1. The molecule has 2 N–H and O–H groups in total. The molecule has 0 spiro atoms. The van der Waals surface area contributed by atoms with Gasteiger partial charge < -0.3 is 25.2 Å². The van der Waals surface area contributed by atoms with Crippen LogP contribution in [0.4, 0.5) is 4.79 Å². The Balaban J connectivity index is 2.87. The number of amides is 4. The van der Waals surface area contributed by atoms with Gasteiger partial charge in [-0.1, -0.05) is 34.6 Å². The number of hydrogen-bond acceptors (Lipinski definition) is 4. The van der Waals surface area contributed by atoms with Crippen molar-refractivity contribution in [1.29, 1.82) is 0 Å². The zero-order chi connectivity index (χ0) is 20.9. The summed E-state index contributed by atoms with van der Waals surface area (Å²) >= 11 is 0. The molecule has 1 heterocycles. The number of urea groups is 1. The smallest absolute Gasteiger partial charge is 0.315 e. The van der Waals surface area contributed by atoms with Crippen LogP contribution in [0.15, 0.2) is 0 Å². The van der Waals surface area contributed by atoms with Crippen molar-refractivity contribution >= 4 is 24.1 Å². The lowest BCUT2D eigenvalue weighted by Crippen LogP contribution is -2.58. The van der Waals surface area contributed by atoms with Gasteiger partial charge in [-0.25, -0.2) is 4.79 Å². The van der Waals surface area contributed by atoms with Crippen molar-refractivity contribution in [2.75, 3.05) is 27.2 Å². The van der Waals surface area contributed by atoms with Crippen LogP contribution in [-0.2, 0) is 14.4 Å². The summed E-state index contributed by atoms with van der Waals surface area (Å²) in [4.78, 5) is 51.5. The van der Waals surface area contributed by atoms with Gasteiger partial charge in [0.1, 0.15) is 12.3 Å². The molecule has 0 aliphatic carbocycles. The van der Waals surface area contributed by atoms with E-state index in [0.717, 1.165) is 6.29 Å². The number of carbonyl (C=O) groups excluding carboxylic acids is 4. The van der Waals surface area contributed by atoms with Crippen LogP contribution in [0.3, 0.4) is 0 Å². The van der Waals surface area contributed by atoms with Gasteiger partial charge in [-0.15, -0.1) is 0 Å². The van der Waals surface area contributed by atoms with Crippen LogP contribution in [0.25, 0.3) is 0 Å². The Hall–Kier alpha value is -2.12. The quantitative estimate of drug-likeness (QED) is 0.666. The van der Waals surface area contributed by atoms with Crippen LogP contribution in [-0.4, -0.2) is 73.2 Å². The normalized spacial score (nSPS) is 21.0. The van der Waals surface area contributed by atoms with Crippen LogP contribution in [0.2, 0.25) is 0 Å². The summed E-state index contributed by atoms with van der Waals surface area (Å²) in [6.07, 6.45) is 1.46. The highest BCUT2D eigenvalue weighted by atomic mass is 16.2. The van der Waals surface area contributed by atoms with Crippen LogP contribution >= 0.6 is 0 Å². The highest BCUT2D eigenvalue weighted by Gasteiger charge is 2.42. The Bertz CT molecular complexity index is 569. The molecule has 27 heavy (non-hydrogen) atoms. The number of rotatable bonds is 6. The van der Waals surface area contributed by atoms with Gasteiger partial charge >= 0.3 is 6.03 Å². The van der Waals surface area contributed by atoms with Crippen LogP contribution in [0, 0.1) is 17.3 Å². The van der Waals surface area contributed by atoms with Crippen LogP contribution < -0.4 is 10.6 Å². The lowest BCUT2D eigenvalue weighted by molar-refractivity contribution is -0.138. The number of likely N-dealkylation sites (N-methyl/N-ethyl adjacent to an activating group) is 1. The summed E-state index contributed by atoms with van der Waals surface area (Å²) in [5.74, 6) is 0.115. The minimum atomic E-state index is -0.805. The van der Waals surface area contributed by atoms with Gasteiger partial charge in [-0.3, -0.25) is 9.59 Å². The molecule has 0 saturated carbocycles. The van der Waals surface area contributed by atoms with Crippen LogP contribution in [0.1, 0.15) is 41.0 Å². The number of hydrogen-bond donors (Lipinski definition) is 2. The van der Waals surface area contributed by atoms with E-state index >= 15 is 0 Å². The maximum absolute atomic E-state index is 13.2. The van der Waals surface area contributed by atoms with Crippen LogP contribution in [0.5, 0.6) is 0 Å². The standard InChI is InChI=1S/C19H34N4O4/c1-12(2)13-8-14(11-24)23(10-13)17(26)16(19(3,4)5)21-18(27)20-9-15(25)22(6)7/h11-14,16H,8-10H2,1-7H3,(H2,20,21,27). The van der Waals surface area contributed by atoms with E-state index in [4.69, 9.17) is 0 Å². The fraction of sp³-hybridized carbons (Fsp3) is 0.789. The molecule has 0 bridgehead atoms. The zero-order valence-electron chi connectivity index (χ0n) is 17.5. The molecular weight excluding hydrogens is 348 g/mol. The van der Waals surface area contributed by atoms with Crippen molar-refractivity contribution in [1.82, 2.24) is 20.4 Å². The zero-order valence-corrected chi connectivity index (χ0v) is 17.5. The van der Waals surface area contributed by atoms with Gasteiger partial charge in [0.15, 0.2) is 0 Å². The lowest BCUT2D eigenvalue weighted by atomic mass is 9.85. The Kier molecular flexibility index (Phi) is 7.80. The predicted molar refractivity (Wildman–Crippen MR) is 103 cm³/mol. The molecule has 0 aromatic carbocycles. The maximum atomic E-state index is 13.2. The largest absolute Gasteiger partial charge is 0.347 e. The Morgan fingerprint density at radius 1 is 1.22 bits per heavy atom. The fourth-order valence-corrected chi connectivity index (χ4v) is 3.08. The molecule has 1 fully saturated rings. The van der Waals surface area contributed by atoms with Crippen molar-refractivity contribution in [3.63, 3.8) is 0 Å². The molecule has 1 aliphatic rings. The monoisotopic (exact) mass is 382 g/mol. The second-order valence-corrected chi connectivity index (χ2v) is 8.85. The molecule has 3 unspecified atom stereocenters. The topological polar surface area (TPSA) is 98.8 Å². The summed E-state index contributed by atoms with van der Waals surface area (Å²) in [6.45, 7) is 10.1. The molecule has 1 saturated heterocycles. The van der Waals surface area contributed by atoms with Gasteiger partial charge in [0.05, 0.1) is 12.6 Å². The third-order valence-corrected chi connectivity index (χ3v) is 5.05. The van der Waals surface area contributed by atoms with Crippen molar-refractivity contribution in [3.8, 4) is 0 Å². The number of nitrogens with zero attached hydrogens (tertiary/aromatic N) is 2. The summed E-state index contributed by atoms with van der Waals surface area (Å²) in [6, 6.07) is -1.85. The molecule has 3 atom stereocenters. The first-order chi connectivity index (χ1) is 12.4. The van der Waals surface area contributed by atoms with Gasteiger partial charge in [0.25, 0.3) is 0 Å². The van der Waals surface area contributed by atoms with Crippen molar-refractivity contribution in [2.24, 2.45) is 17.3 Å². The van der Waals surface area contributed by atoms with E-state index < -0.39 is 23.5 Å². The molecule has 8 heteroatoms. The fourth-order valence-electron chi connectivity index (χ4n) is 3.08. The van der Waals surface area contributed by atoms with E-state index in [0.29, 0.717) is 18.9 Å². The van der Waals surface area contributed by atoms with E-state index in [1.54, 1.807) is 19.0 Å². The number of nitrogens with one attached hydrogen (secondary N) is 2. The van der Waals surface area contributed by atoms with E-state index in [2.05, 4.69) is 24.5 Å². The third-order valence-electron chi connectivity index (χ3n) is 5.05. The van der Waals surface area contributed by atoms with E-state index in [9.17, 15) is 19.2 Å². The Morgan fingerprint density at radius 3 is 2.26 bits per heavy atom. The Labute approximate surface area is 162 Å². The molecule has 4 amide bonds. The average Bonchev–Trinajstić information content (AvgIpc) is 3.00. The molecule has 1 rings (SSSR count). The average molecular weight is 383 g/mol. The number of carbonyl (C=O) groups is 4. The summed E-state index contributed by atoms with van der Waals surface area (Å²) in [5, 5.41) is 5.17. The summed E-state index contributed by atoms with van der Waals surface area (Å²) < 4.78 is 0.